The molecular formula is C28H32N4O4. The lowest BCUT2D eigenvalue weighted by atomic mass is 9.96. The highest BCUT2D eigenvalue weighted by Gasteiger charge is 2.25. The van der Waals surface area contributed by atoms with E-state index in [1.807, 2.05) is 47.6 Å². The van der Waals surface area contributed by atoms with Crippen LogP contribution in [0, 0.1) is 18.3 Å². The fourth-order valence-corrected chi connectivity index (χ4v) is 4.21. The number of carbonyl (C=O) groups is 1. The topological polar surface area (TPSA) is 101 Å². The molecule has 1 aromatic heterocycles. The summed E-state index contributed by atoms with van der Waals surface area (Å²) in [5.74, 6) is 1.35. The summed E-state index contributed by atoms with van der Waals surface area (Å²) in [5.41, 5.74) is 4.84. The van der Waals surface area contributed by atoms with E-state index >= 15 is 0 Å². The molecule has 188 valence electrons. The molecule has 0 saturated carbocycles. The van der Waals surface area contributed by atoms with Crippen molar-refractivity contribution in [1.29, 1.82) is 5.26 Å². The Morgan fingerprint density at radius 1 is 1.14 bits per heavy atom. The van der Waals surface area contributed by atoms with Crippen LogP contribution >= 0.6 is 0 Å². The third-order valence-corrected chi connectivity index (χ3v) is 5.88. The monoisotopic (exact) mass is 488 g/mol. The summed E-state index contributed by atoms with van der Waals surface area (Å²) in [6.45, 7) is 12.7. The molecule has 2 heterocycles. The highest BCUT2D eigenvalue weighted by molar-refractivity contribution is 5.69. The summed E-state index contributed by atoms with van der Waals surface area (Å²) >= 11 is 0. The number of hydrogen-bond acceptors (Lipinski definition) is 7. The molecule has 36 heavy (non-hydrogen) atoms. The third-order valence-electron chi connectivity index (χ3n) is 5.88. The number of nitriles is 1. The van der Waals surface area contributed by atoms with Gasteiger partial charge in [0, 0.05) is 24.2 Å². The summed E-state index contributed by atoms with van der Waals surface area (Å²) in [4.78, 5) is 19.0. The van der Waals surface area contributed by atoms with Gasteiger partial charge in [0.15, 0.2) is 0 Å². The average Bonchev–Trinajstić information content (AvgIpc) is 3.19. The van der Waals surface area contributed by atoms with Crippen LogP contribution in [0.5, 0.6) is 5.75 Å². The number of benzene rings is 2. The van der Waals surface area contributed by atoms with E-state index in [2.05, 4.69) is 28.3 Å². The van der Waals surface area contributed by atoms with E-state index < -0.39 is 5.60 Å². The zero-order chi connectivity index (χ0) is 26.0. The standard InChI is InChI=1S/C28H32N4O4/c1-17(2)34-24-8-7-21(14-22(24)16-29)26-30-25(31-36-26)23-15-20-10-12-32(27(33)35-28(4,5)6)11-9-19(20)13-18(23)3/h7-8,13-15,17H,9-12H2,1-6H3. The van der Waals surface area contributed by atoms with Crippen molar-refractivity contribution in [1.82, 2.24) is 15.0 Å². The van der Waals surface area contributed by atoms with Crippen LogP contribution in [0.2, 0.25) is 0 Å². The van der Waals surface area contributed by atoms with E-state index in [0.29, 0.717) is 41.7 Å². The number of rotatable bonds is 4. The van der Waals surface area contributed by atoms with Crippen molar-refractivity contribution >= 4 is 6.09 Å². The van der Waals surface area contributed by atoms with Gasteiger partial charge < -0.3 is 18.9 Å². The van der Waals surface area contributed by atoms with Crippen LogP contribution in [0.15, 0.2) is 34.9 Å². The molecule has 0 unspecified atom stereocenters. The molecule has 1 aliphatic heterocycles. The van der Waals surface area contributed by atoms with Crippen LogP contribution in [0.3, 0.4) is 0 Å². The van der Waals surface area contributed by atoms with E-state index in [4.69, 9.17) is 14.0 Å². The van der Waals surface area contributed by atoms with Gasteiger partial charge in [-0.3, -0.25) is 0 Å². The second kappa shape index (κ2) is 10.0. The molecule has 0 fully saturated rings. The first-order valence-corrected chi connectivity index (χ1v) is 12.2. The number of nitrogens with zero attached hydrogens (tertiary/aromatic N) is 4. The number of amides is 1. The minimum Gasteiger partial charge on any atom is -0.490 e. The lowest BCUT2D eigenvalue weighted by molar-refractivity contribution is 0.0258. The number of aryl methyl sites for hydroxylation is 1. The molecular weight excluding hydrogens is 456 g/mol. The molecule has 1 amide bonds. The summed E-state index contributed by atoms with van der Waals surface area (Å²) in [6.07, 6.45) is 1.16. The van der Waals surface area contributed by atoms with Gasteiger partial charge in [0.2, 0.25) is 5.82 Å². The van der Waals surface area contributed by atoms with Crippen molar-refractivity contribution in [3.05, 3.63) is 52.6 Å². The van der Waals surface area contributed by atoms with E-state index in [1.165, 1.54) is 5.56 Å². The fraction of sp³-hybridized carbons (Fsp3) is 0.429. The molecule has 8 heteroatoms. The molecule has 1 aliphatic rings. The van der Waals surface area contributed by atoms with Crippen molar-refractivity contribution in [2.24, 2.45) is 0 Å². The van der Waals surface area contributed by atoms with E-state index in [1.54, 1.807) is 17.0 Å². The molecule has 0 saturated heterocycles. The Bertz CT molecular complexity index is 1310. The lowest BCUT2D eigenvalue weighted by Gasteiger charge is -2.26. The minimum atomic E-state index is -0.522. The maximum absolute atomic E-state index is 12.6. The Hall–Kier alpha value is -3.86. The van der Waals surface area contributed by atoms with E-state index in [9.17, 15) is 10.1 Å². The minimum absolute atomic E-state index is 0.0367. The average molecular weight is 489 g/mol. The molecule has 3 aromatic rings. The Morgan fingerprint density at radius 3 is 2.47 bits per heavy atom. The van der Waals surface area contributed by atoms with Gasteiger partial charge in [-0.1, -0.05) is 11.2 Å². The molecule has 0 radical (unpaired) electrons. The highest BCUT2D eigenvalue weighted by atomic mass is 16.6. The number of fused-ring (bicyclic) bond motifs is 1. The van der Waals surface area contributed by atoms with Crippen LogP contribution in [0.1, 0.15) is 56.9 Å². The first kappa shape index (κ1) is 25.2. The van der Waals surface area contributed by atoms with Gasteiger partial charge in [-0.2, -0.15) is 10.2 Å². The molecule has 0 bridgehead atoms. The van der Waals surface area contributed by atoms with Gasteiger partial charge in [-0.05, 0) is 95.3 Å². The van der Waals surface area contributed by atoms with Crippen LogP contribution in [0.4, 0.5) is 4.79 Å². The zero-order valence-electron chi connectivity index (χ0n) is 21.7. The van der Waals surface area contributed by atoms with Crippen LogP contribution in [-0.2, 0) is 17.6 Å². The SMILES string of the molecule is Cc1cc2c(cc1-c1noc(-c3ccc(OC(C)C)c(C#N)c3)n1)CCN(C(=O)OC(C)(C)C)CC2. The highest BCUT2D eigenvalue weighted by Crippen LogP contribution is 2.31. The van der Waals surface area contributed by atoms with E-state index in [0.717, 1.165) is 29.5 Å². The first-order valence-electron chi connectivity index (χ1n) is 12.2. The Labute approximate surface area is 211 Å². The third kappa shape index (κ3) is 5.68. The number of aromatic nitrogens is 2. The van der Waals surface area contributed by atoms with Crippen LogP contribution in [0.25, 0.3) is 22.8 Å². The van der Waals surface area contributed by atoms with Gasteiger partial charge >= 0.3 is 6.09 Å². The van der Waals surface area contributed by atoms with Crippen molar-refractivity contribution in [3.63, 3.8) is 0 Å². The van der Waals surface area contributed by atoms with Crippen molar-refractivity contribution in [2.45, 2.75) is 66.1 Å². The van der Waals surface area contributed by atoms with Gasteiger partial charge in [-0.25, -0.2) is 4.79 Å². The van der Waals surface area contributed by atoms with Crippen LogP contribution in [-0.4, -0.2) is 45.9 Å². The van der Waals surface area contributed by atoms with Crippen molar-refractivity contribution in [3.8, 4) is 34.7 Å². The second-order valence-corrected chi connectivity index (χ2v) is 10.3. The maximum Gasteiger partial charge on any atom is 0.410 e. The molecule has 8 nitrogen and oxygen atoms in total. The molecule has 0 aliphatic carbocycles. The Balaban J connectivity index is 1.57. The first-order chi connectivity index (χ1) is 17.0. The number of ether oxygens (including phenoxy) is 2. The smallest absolute Gasteiger partial charge is 0.410 e. The molecule has 0 N–H and O–H groups in total. The number of carbonyl (C=O) groups excluding carboxylic acids is 1. The largest absolute Gasteiger partial charge is 0.490 e. The Kier molecular flexibility index (Phi) is 7.02. The Morgan fingerprint density at radius 2 is 1.83 bits per heavy atom. The maximum atomic E-state index is 12.6. The van der Waals surface area contributed by atoms with E-state index in [-0.39, 0.29) is 12.2 Å². The summed E-state index contributed by atoms with van der Waals surface area (Å²) in [6, 6.07) is 11.7. The molecule has 0 spiro atoms. The summed E-state index contributed by atoms with van der Waals surface area (Å²) in [7, 11) is 0. The van der Waals surface area contributed by atoms with Gasteiger partial charge in [0.1, 0.15) is 17.4 Å². The molecule has 0 atom stereocenters. The van der Waals surface area contributed by atoms with Gasteiger partial charge in [0.05, 0.1) is 11.7 Å². The number of hydrogen-bond donors (Lipinski definition) is 0. The summed E-state index contributed by atoms with van der Waals surface area (Å²) < 4.78 is 16.8. The predicted octanol–water partition coefficient (Wildman–Crippen LogP) is 5.71. The summed E-state index contributed by atoms with van der Waals surface area (Å²) in [5, 5.41) is 13.8. The molecule has 2 aromatic carbocycles. The zero-order valence-corrected chi connectivity index (χ0v) is 21.7. The quantitative estimate of drug-likeness (QED) is 0.464. The predicted molar refractivity (Wildman–Crippen MR) is 136 cm³/mol. The molecule has 4 rings (SSSR count). The van der Waals surface area contributed by atoms with Gasteiger partial charge in [0.25, 0.3) is 5.89 Å². The van der Waals surface area contributed by atoms with Gasteiger partial charge in [-0.15, -0.1) is 0 Å². The van der Waals surface area contributed by atoms with Crippen molar-refractivity contribution in [2.75, 3.05) is 13.1 Å². The second-order valence-electron chi connectivity index (χ2n) is 10.3. The normalized spacial score (nSPS) is 13.7. The van der Waals surface area contributed by atoms with Crippen molar-refractivity contribution < 1.29 is 18.8 Å². The fourth-order valence-electron chi connectivity index (χ4n) is 4.21. The van der Waals surface area contributed by atoms with Crippen LogP contribution < -0.4 is 4.74 Å². The lowest BCUT2D eigenvalue weighted by Crippen LogP contribution is -2.38.